The second-order valence-electron chi connectivity index (χ2n) is 7.89. The number of hydrogen-bond donors (Lipinski definition) is 0. The highest BCUT2D eigenvalue weighted by molar-refractivity contribution is 6.62. The second-order valence-corrected chi connectivity index (χ2v) is 9.76. The molecular weight excluding hydrogens is 304 g/mol. The molecule has 0 aliphatic heterocycles. The average Bonchev–Trinajstić information content (AvgIpc) is 2.82. The van der Waals surface area contributed by atoms with Gasteiger partial charge in [0.15, 0.2) is 0 Å². The lowest BCUT2D eigenvalue weighted by atomic mass is 9.95. The van der Waals surface area contributed by atoms with Gasteiger partial charge in [-0.15, -0.1) is 0 Å². The van der Waals surface area contributed by atoms with Gasteiger partial charge in [0.2, 0.25) is 0 Å². The summed E-state index contributed by atoms with van der Waals surface area (Å²) in [5.41, 5.74) is 10.9. The average molecular weight is 341 g/mol. The van der Waals surface area contributed by atoms with E-state index in [1.807, 2.05) is 0 Å². The third-order valence-corrected chi connectivity index (χ3v) is 9.21. The summed E-state index contributed by atoms with van der Waals surface area (Å²) >= 11 is 0. The molecule has 0 heterocycles. The molecule has 0 N–H and O–H groups in total. The first-order chi connectivity index (χ1) is 11.3. The highest BCUT2D eigenvalue weighted by atomic mass is 28.2. The van der Waals surface area contributed by atoms with Crippen LogP contribution >= 0.6 is 0 Å². The molecule has 24 heavy (non-hydrogen) atoms. The van der Waals surface area contributed by atoms with Gasteiger partial charge in [-0.05, 0) is 88.1 Å². The van der Waals surface area contributed by atoms with Crippen LogP contribution in [0.2, 0.25) is 0 Å². The van der Waals surface area contributed by atoms with Crippen LogP contribution in [0.5, 0.6) is 0 Å². The molecule has 1 aromatic rings. The molecule has 0 saturated carbocycles. The molecule has 1 heteroatoms. The van der Waals surface area contributed by atoms with Gasteiger partial charge in [-0.3, -0.25) is 0 Å². The zero-order valence-corrected chi connectivity index (χ0v) is 18.6. The minimum atomic E-state index is -0.372. The van der Waals surface area contributed by atoms with Gasteiger partial charge >= 0.3 is 0 Å². The Labute approximate surface area is 152 Å². The lowest BCUT2D eigenvalue weighted by Gasteiger charge is -2.21. The van der Waals surface area contributed by atoms with Gasteiger partial charge in [0.25, 0.3) is 0 Å². The van der Waals surface area contributed by atoms with Crippen molar-refractivity contribution < 1.29 is 0 Å². The molecule has 0 fully saturated rings. The highest BCUT2D eigenvalue weighted by Crippen LogP contribution is 2.34. The zero-order chi connectivity index (χ0) is 18.0. The minimum absolute atomic E-state index is 0.372. The quantitative estimate of drug-likeness (QED) is 0.477. The molecule has 132 valence electrons. The van der Waals surface area contributed by atoms with E-state index in [1.54, 1.807) is 32.7 Å². The Hall–Kier alpha value is -1.08. The fourth-order valence-corrected chi connectivity index (χ4v) is 6.72. The van der Waals surface area contributed by atoms with E-state index in [0.717, 1.165) is 0 Å². The second kappa shape index (κ2) is 7.87. The number of allylic oxidation sites excluding steroid dienone is 4. The van der Waals surface area contributed by atoms with Crippen LogP contribution in [-0.2, 0) is 0 Å². The number of unbranched alkanes of at least 4 members (excludes halogenated alkanes) is 2. The Kier molecular flexibility index (Phi) is 6.31. The molecule has 0 radical (unpaired) electrons. The van der Waals surface area contributed by atoms with E-state index in [0.29, 0.717) is 5.92 Å². The molecule has 1 aromatic carbocycles. The summed E-state index contributed by atoms with van der Waals surface area (Å²) in [6.45, 7) is 18.7. The van der Waals surface area contributed by atoms with Gasteiger partial charge in [-0.1, -0.05) is 54.3 Å². The summed E-state index contributed by atoms with van der Waals surface area (Å²) in [5, 5.41) is 3.46. The molecular formula is C23H36Si. The standard InChI is InChI=1S/C23H36Si/c1-9-10-11-12-21-14(2)13-22(20(21)8)24-23-18(6)16(4)15(3)17(5)19(23)7/h13,20H,9-12,24H2,1-8H3. The Bertz CT molecular complexity index is 659. The summed E-state index contributed by atoms with van der Waals surface area (Å²) in [4.78, 5) is 0. The van der Waals surface area contributed by atoms with Gasteiger partial charge in [0.05, 0.1) is 9.52 Å². The van der Waals surface area contributed by atoms with Gasteiger partial charge in [0, 0.05) is 0 Å². The molecule has 0 saturated heterocycles. The van der Waals surface area contributed by atoms with Crippen molar-refractivity contribution in [2.24, 2.45) is 5.92 Å². The van der Waals surface area contributed by atoms with Crippen molar-refractivity contribution in [1.29, 1.82) is 0 Å². The van der Waals surface area contributed by atoms with E-state index < -0.39 is 0 Å². The molecule has 0 bridgehead atoms. The van der Waals surface area contributed by atoms with Crippen LogP contribution in [0.15, 0.2) is 22.4 Å². The van der Waals surface area contributed by atoms with Crippen molar-refractivity contribution in [1.82, 2.24) is 0 Å². The maximum atomic E-state index is 2.54. The molecule has 2 rings (SSSR count). The number of hydrogen-bond acceptors (Lipinski definition) is 0. The molecule has 0 amide bonds. The first-order valence-electron chi connectivity index (χ1n) is 9.75. The topological polar surface area (TPSA) is 0 Å². The molecule has 1 unspecified atom stereocenters. The van der Waals surface area contributed by atoms with E-state index in [-0.39, 0.29) is 9.52 Å². The van der Waals surface area contributed by atoms with Crippen LogP contribution in [0, 0.1) is 40.5 Å². The van der Waals surface area contributed by atoms with Crippen LogP contribution in [0.4, 0.5) is 0 Å². The lowest BCUT2D eigenvalue weighted by Crippen LogP contribution is -2.27. The maximum absolute atomic E-state index is 2.54. The van der Waals surface area contributed by atoms with Crippen molar-refractivity contribution in [2.45, 2.75) is 81.1 Å². The third kappa shape index (κ3) is 3.61. The van der Waals surface area contributed by atoms with Crippen molar-refractivity contribution >= 4 is 14.7 Å². The third-order valence-electron chi connectivity index (χ3n) is 6.57. The number of benzene rings is 1. The van der Waals surface area contributed by atoms with Gasteiger partial charge in [0.1, 0.15) is 0 Å². The minimum Gasteiger partial charge on any atom is -0.0756 e. The molecule has 1 atom stereocenters. The first kappa shape index (κ1) is 19.2. The van der Waals surface area contributed by atoms with E-state index in [1.165, 1.54) is 42.4 Å². The Morgan fingerprint density at radius 3 is 1.92 bits per heavy atom. The Morgan fingerprint density at radius 1 is 0.833 bits per heavy atom. The van der Waals surface area contributed by atoms with Crippen molar-refractivity contribution in [3.05, 3.63) is 50.2 Å². The van der Waals surface area contributed by atoms with E-state index in [2.05, 4.69) is 61.5 Å². The predicted octanol–water partition coefficient (Wildman–Crippen LogP) is 5.45. The monoisotopic (exact) mass is 340 g/mol. The normalized spacial score (nSPS) is 18.2. The van der Waals surface area contributed by atoms with E-state index in [9.17, 15) is 0 Å². The number of rotatable bonds is 6. The van der Waals surface area contributed by atoms with Crippen LogP contribution in [0.1, 0.15) is 74.3 Å². The van der Waals surface area contributed by atoms with Crippen molar-refractivity contribution in [3.8, 4) is 0 Å². The van der Waals surface area contributed by atoms with E-state index >= 15 is 0 Å². The molecule has 1 aliphatic rings. The molecule has 1 aliphatic carbocycles. The summed E-state index contributed by atoms with van der Waals surface area (Å²) in [5.74, 6) is 0.689. The fourth-order valence-electron chi connectivity index (χ4n) is 4.29. The van der Waals surface area contributed by atoms with Crippen LogP contribution in [-0.4, -0.2) is 9.52 Å². The lowest BCUT2D eigenvalue weighted by molar-refractivity contribution is 0.672. The van der Waals surface area contributed by atoms with Gasteiger partial charge in [-0.2, -0.15) is 0 Å². The zero-order valence-electron chi connectivity index (χ0n) is 17.2. The van der Waals surface area contributed by atoms with Crippen LogP contribution in [0.3, 0.4) is 0 Å². The Morgan fingerprint density at radius 2 is 1.38 bits per heavy atom. The summed E-state index contributed by atoms with van der Waals surface area (Å²) in [6, 6.07) is 0. The summed E-state index contributed by atoms with van der Waals surface area (Å²) < 4.78 is 0. The largest absolute Gasteiger partial charge is 0.0839 e. The molecule has 0 aromatic heterocycles. The molecule has 0 spiro atoms. The molecule has 0 nitrogen and oxygen atoms in total. The smallest absolute Gasteiger partial charge is 0.0756 e. The highest BCUT2D eigenvalue weighted by Gasteiger charge is 2.23. The van der Waals surface area contributed by atoms with Gasteiger partial charge < -0.3 is 0 Å². The summed E-state index contributed by atoms with van der Waals surface area (Å²) in [6.07, 6.45) is 7.89. The van der Waals surface area contributed by atoms with Crippen LogP contribution in [0.25, 0.3) is 0 Å². The van der Waals surface area contributed by atoms with E-state index in [4.69, 9.17) is 0 Å². The first-order valence-corrected chi connectivity index (χ1v) is 11.2. The maximum Gasteiger partial charge on any atom is 0.0839 e. The summed E-state index contributed by atoms with van der Waals surface area (Å²) in [7, 11) is -0.372. The van der Waals surface area contributed by atoms with Gasteiger partial charge in [-0.25, -0.2) is 0 Å². The van der Waals surface area contributed by atoms with Crippen molar-refractivity contribution in [2.75, 3.05) is 0 Å². The van der Waals surface area contributed by atoms with Crippen molar-refractivity contribution in [3.63, 3.8) is 0 Å². The predicted molar refractivity (Wildman–Crippen MR) is 112 cm³/mol. The fraction of sp³-hybridized carbons (Fsp3) is 0.565. The Balaban J connectivity index is 2.24. The van der Waals surface area contributed by atoms with Crippen LogP contribution < -0.4 is 5.19 Å². The SMILES string of the molecule is CCCCCC1=C(C)C=C([SiH2]c2c(C)c(C)c(C)c(C)c2C)C1C.